The number of nitrogens with zero attached hydrogens (tertiary/aromatic N) is 2. The highest BCUT2D eigenvalue weighted by Crippen LogP contribution is 2.30. The van der Waals surface area contributed by atoms with Gasteiger partial charge in [0, 0.05) is 24.5 Å². The van der Waals surface area contributed by atoms with Crippen LogP contribution < -0.4 is 0 Å². The van der Waals surface area contributed by atoms with Crippen LogP contribution >= 0.6 is 0 Å². The number of hydrogen-bond acceptors (Lipinski definition) is 3. The Labute approximate surface area is 152 Å². The van der Waals surface area contributed by atoms with Crippen molar-refractivity contribution in [3.05, 3.63) is 58.8 Å². The number of amides is 1. The van der Waals surface area contributed by atoms with Crippen LogP contribution in [-0.4, -0.2) is 26.1 Å². The molecular formula is C21H23N3O2. The number of aromatic amines is 1. The monoisotopic (exact) mass is 349 g/mol. The van der Waals surface area contributed by atoms with Crippen molar-refractivity contribution in [2.45, 2.75) is 39.8 Å². The molecule has 0 unspecified atom stereocenters. The van der Waals surface area contributed by atoms with E-state index in [-0.39, 0.29) is 11.7 Å². The maximum absolute atomic E-state index is 13.0. The highest BCUT2D eigenvalue weighted by atomic mass is 16.3. The molecule has 2 N–H and O–H groups in total. The molecule has 0 radical (unpaired) electrons. The van der Waals surface area contributed by atoms with E-state index in [1.54, 1.807) is 17.0 Å². The zero-order chi connectivity index (χ0) is 18.3. The summed E-state index contributed by atoms with van der Waals surface area (Å²) < 4.78 is 0. The largest absolute Gasteiger partial charge is 0.507 e. The first-order chi connectivity index (χ1) is 12.5. The minimum atomic E-state index is -0.142. The Morgan fingerprint density at radius 2 is 1.92 bits per heavy atom. The molecule has 3 aromatic rings. The number of carbonyl (C=O) groups is 1. The topological polar surface area (TPSA) is 69.2 Å². The summed E-state index contributed by atoms with van der Waals surface area (Å²) in [6.45, 7) is 5.53. The van der Waals surface area contributed by atoms with Gasteiger partial charge < -0.3 is 10.0 Å². The van der Waals surface area contributed by atoms with Crippen LogP contribution in [0, 0.1) is 5.92 Å². The summed E-state index contributed by atoms with van der Waals surface area (Å²) in [7, 11) is 0. The number of nitrogens with one attached hydrogen (secondary N) is 1. The second-order valence-electron chi connectivity index (χ2n) is 7.45. The van der Waals surface area contributed by atoms with Gasteiger partial charge in [0.05, 0.1) is 16.8 Å². The lowest BCUT2D eigenvalue weighted by Gasteiger charge is -2.16. The lowest BCUT2D eigenvalue weighted by Crippen LogP contribution is -2.25. The molecule has 1 aromatic heterocycles. The molecule has 0 spiro atoms. The molecule has 0 bridgehead atoms. The summed E-state index contributed by atoms with van der Waals surface area (Å²) in [4.78, 5) is 14.8. The number of aromatic hydroxyl groups is 1. The van der Waals surface area contributed by atoms with Gasteiger partial charge in [0.25, 0.3) is 5.91 Å². The number of phenols is 1. The second kappa shape index (κ2) is 6.48. The number of aryl methyl sites for hydroxylation is 1. The lowest BCUT2D eigenvalue weighted by molar-refractivity contribution is 0.0748. The maximum Gasteiger partial charge on any atom is 0.258 e. The fraction of sp³-hybridized carbons (Fsp3) is 0.333. The number of benzene rings is 2. The van der Waals surface area contributed by atoms with Crippen LogP contribution in [0.4, 0.5) is 0 Å². The number of fused-ring (bicyclic) bond motifs is 2. The molecule has 134 valence electrons. The molecule has 26 heavy (non-hydrogen) atoms. The molecule has 0 fully saturated rings. The first-order valence-corrected chi connectivity index (χ1v) is 9.09. The van der Waals surface area contributed by atoms with Crippen molar-refractivity contribution in [1.29, 1.82) is 0 Å². The Morgan fingerprint density at radius 1 is 1.23 bits per heavy atom. The average molecular weight is 349 g/mol. The Hall–Kier alpha value is -2.82. The molecular weight excluding hydrogens is 326 g/mol. The molecule has 2 heterocycles. The molecule has 0 atom stereocenters. The zero-order valence-electron chi connectivity index (χ0n) is 15.1. The van der Waals surface area contributed by atoms with Crippen LogP contribution in [0.15, 0.2) is 36.4 Å². The first kappa shape index (κ1) is 16.6. The molecule has 1 aliphatic heterocycles. The number of hydrogen-bond donors (Lipinski definition) is 2. The molecule has 0 aliphatic carbocycles. The van der Waals surface area contributed by atoms with Gasteiger partial charge >= 0.3 is 0 Å². The van der Waals surface area contributed by atoms with E-state index in [1.807, 2.05) is 24.3 Å². The van der Waals surface area contributed by atoms with Gasteiger partial charge in [-0.15, -0.1) is 0 Å². The number of H-pyrrole nitrogens is 1. The molecule has 4 rings (SSSR count). The fourth-order valence-electron chi connectivity index (χ4n) is 3.54. The minimum Gasteiger partial charge on any atom is -0.507 e. The van der Waals surface area contributed by atoms with E-state index >= 15 is 0 Å². The van der Waals surface area contributed by atoms with E-state index in [4.69, 9.17) is 0 Å². The average Bonchev–Trinajstić information content (AvgIpc) is 3.22. The minimum absolute atomic E-state index is 0.00230. The molecule has 0 saturated carbocycles. The standard InChI is InChI=1S/C21H23N3O2/c1-13(2)7-8-18-16-9-17(20(25)10-19(16)23-22-18)21(26)24-11-14-5-3-4-6-15(14)12-24/h3-6,9-10,13,25H,7-8,11-12H2,1-2H3,(H,22,23). The highest BCUT2D eigenvalue weighted by Gasteiger charge is 2.26. The third kappa shape index (κ3) is 2.94. The van der Waals surface area contributed by atoms with Crippen LogP contribution in [0.2, 0.25) is 0 Å². The maximum atomic E-state index is 13.0. The summed E-state index contributed by atoms with van der Waals surface area (Å²) in [5, 5.41) is 18.7. The Kier molecular flexibility index (Phi) is 4.15. The number of carbonyl (C=O) groups excluding carboxylic acids is 1. The van der Waals surface area contributed by atoms with Gasteiger partial charge in [-0.2, -0.15) is 5.10 Å². The number of aromatic nitrogens is 2. The predicted molar refractivity (Wildman–Crippen MR) is 101 cm³/mol. The van der Waals surface area contributed by atoms with Gasteiger partial charge in [-0.05, 0) is 36.0 Å². The molecule has 5 heteroatoms. The summed E-state index contributed by atoms with van der Waals surface area (Å²) in [5.41, 5.74) is 4.40. The third-order valence-electron chi connectivity index (χ3n) is 5.07. The van der Waals surface area contributed by atoms with Gasteiger partial charge in [0.1, 0.15) is 5.75 Å². The van der Waals surface area contributed by atoms with Crippen LogP contribution in [0.25, 0.3) is 10.9 Å². The van der Waals surface area contributed by atoms with Gasteiger partial charge in [-0.25, -0.2) is 0 Å². The lowest BCUT2D eigenvalue weighted by atomic mass is 10.0. The van der Waals surface area contributed by atoms with Crippen LogP contribution in [0.5, 0.6) is 5.75 Å². The quantitative estimate of drug-likeness (QED) is 0.748. The van der Waals surface area contributed by atoms with E-state index in [9.17, 15) is 9.90 Å². The van der Waals surface area contributed by atoms with E-state index in [1.165, 1.54) is 11.1 Å². The molecule has 0 saturated heterocycles. The van der Waals surface area contributed by atoms with E-state index in [0.29, 0.717) is 24.6 Å². The van der Waals surface area contributed by atoms with E-state index in [0.717, 1.165) is 29.4 Å². The SMILES string of the molecule is CC(C)CCc1n[nH]c2cc(O)c(C(=O)N3Cc4ccccc4C3)cc12. The predicted octanol–water partition coefficient (Wildman–Crippen LogP) is 4.01. The van der Waals surface area contributed by atoms with Crippen molar-refractivity contribution in [2.24, 2.45) is 5.92 Å². The molecule has 1 aliphatic rings. The fourth-order valence-corrected chi connectivity index (χ4v) is 3.54. The van der Waals surface area contributed by atoms with E-state index < -0.39 is 0 Å². The summed E-state index contributed by atoms with van der Waals surface area (Å²) >= 11 is 0. The Morgan fingerprint density at radius 3 is 2.58 bits per heavy atom. The summed E-state index contributed by atoms with van der Waals surface area (Å²) in [6, 6.07) is 11.5. The number of rotatable bonds is 4. The van der Waals surface area contributed by atoms with E-state index in [2.05, 4.69) is 24.0 Å². The molecule has 1 amide bonds. The summed E-state index contributed by atoms with van der Waals surface area (Å²) in [6.07, 6.45) is 1.89. The molecule has 5 nitrogen and oxygen atoms in total. The van der Waals surface area contributed by atoms with Crippen molar-refractivity contribution < 1.29 is 9.90 Å². The smallest absolute Gasteiger partial charge is 0.258 e. The van der Waals surface area contributed by atoms with Gasteiger partial charge in [0.15, 0.2) is 0 Å². The van der Waals surface area contributed by atoms with Crippen molar-refractivity contribution in [2.75, 3.05) is 0 Å². The van der Waals surface area contributed by atoms with Crippen molar-refractivity contribution >= 4 is 16.8 Å². The second-order valence-corrected chi connectivity index (χ2v) is 7.45. The van der Waals surface area contributed by atoms with Gasteiger partial charge in [0.2, 0.25) is 0 Å². The normalized spacial score (nSPS) is 13.6. The third-order valence-corrected chi connectivity index (χ3v) is 5.07. The molecule has 2 aromatic carbocycles. The first-order valence-electron chi connectivity index (χ1n) is 9.09. The number of phenolic OH excluding ortho intramolecular Hbond substituents is 1. The van der Waals surface area contributed by atoms with Gasteiger partial charge in [-0.1, -0.05) is 38.1 Å². The van der Waals surface area contributed by atoms with Crippen LogP contribution in [0.1, 0.15) is 47.4 Å². The van der Waals surface area contributed by atoms with Crippen LogP contribution in [-0.2, 0) is 19.5 Å². The van der Waals surface area contributed by atoms with Gasteiger partial charge in [-0.3, -0.25) is 9.89 Å². The van der Waals surface area contributed by atoms with Crippen molar-refractivity contribution in [1.82, 2.24) is 15.1 Å². The summed E-state index contributed by atoms with van der Waals surface area (Å²) in [5.74, 6) is 0.442. The van der Waals surface area contributed by atoms with Crippen LogP contribution in [0.3, 0.4) is 0 Å². The van der Waals surface area contributed by atoms with Crippen molar-refractivity contribution in [3.63, 3.8) is 0 Å². The highest BCUT2D eigenvalue weighted by molar-refractivity contribution is 6.01. The Bertz CT molecular complexity index is 950. The zero-order valence-corrected chi connectivity index (χ0v) is 15.1. The Balaban J connectivity index is 1.64. The van der Waals surface area contributed by atoms with Crippen molar-refractivity contribution in [3.8, 4) is 5.75 Å².